The Morgan fingerprint density at radius 1 is 1.27 bits per heavy atom. The highest BCUT2D eigenvalue weighted by atomic mass is 19.4. The highest BCUT2D eigenvalue weighted by Gasteiger charge is 2.59. The number of hydrogen-bond donors (Lipinski definition) is 0. The van der Waals surface area contributed by atoms with Gasteiger partial charge in [0.15, 0.2) is 0 Å². The fourth-order valence-corrected chi connectivity index (χ4v) is 4.60. The average Bonchev–Trinajstić information content (AvgIpc) is 3.25. The van der Waals surface area contributed by atoms with Crippen LogP contribution in [0.4, 0.5) is 24.5 Å². The third-order valence-corrected chi connectivity index (χ3v) is 5.58. The number of allylic oxidation sites excluding steroid dienone is 2. The minimum atomic E-state index is -4.94. The van der Waals surface area contributed by atoms with Crippen molar-refractivity contribution in [2.45, 2.75) is 18.6 Å². The first kappa shape index (κ1) is 16.6. The van der Waals surface area contributed by atoms with Crippen molar-refractivity contribution in [3.63, 3.8) is 0 Å². The van der Waals surface area contributed by atoms with Gasteiger partial charge < -0.3 is 0 Å². The molecule has 6 nitrogen and oxygen atoms in total. The SMILES string of the molecule is N#C[C@H]1[C@@H]2C3C=CC(C3)[C@@H]2C(=O)N1c1ccc([N+](=O)[O-])c(C(F)(F)F)c1. The van der Waals surface area contributed by atoms with E-state index in [0.717, 1.165) is 23.5 Å². The zero-order chi connectivity index (χ0) is 18.8. The number of rotatable bonds is 2. The Hall–Kier alpha value is -2.89. The van der Waals surface area contributed by atoms with E-state index >= 15 is 0 Å². The van der Waals surface area contributed by atoms with Gasteiger partial charge in [-0.05, 0) is 30.4 Å². The number of halogens is 3. The van der Waals surface area contributed by atoms with Crippen molar-refractivity contribution < 1.29 is 22.9 Å². The van der Waals surface area contributed by atoms with Gasteiger partial charge in [-0.3, -0.25) is 19.8 Å². The molecule has 134 valence electrons. The zero-order valence-corrected chi connectivity index (χ0v) is 13.2. The molecule has 9 heteroatoms. The fourth-order valence-electron chi connectivity index (χ4n) is 4.60. The molecule has 2 aliphatic carbocycles. The lowest BCUT2D eigenvalue weighted by atomic mass is 9.82. The Labute approximate surface area is 145 Å². The van der Waals surface area contributed by atoms with Gasteiger partial charge in [0, 0.05) is 17.7 Å². The van der Waals surface area contributed by atoms with E-state index in [0.29, 0.717) is 6.07 Å². The zero-order valence-electron chi connectivity index (χ0n) is 13.2. The maximum Gasteiger partial charge on any atom is 0.423 e. The summed E-state index contributed by atoms with van der Waals surface area (Å²) < 4.78 is 39.7. The van der Waals surface area contributed by atoms with Crippen molar-refractivity contribution in [3.8, 4) is 6.07 Å². The van der Waals surface area contributed by atoms with Crippen molar-refractivity contribution in [1.82, 2.24) is 0 Å². The Balaban J connectivity index is 1.80. The second-order valence-electron chi connectivity index (χ2n) is 6.79. The van der Waals surface area contributed by atoms with Gasteiger partial charge in [-0.1, -0.05) is 12.2 Å². The third-order valence-electron chi connectivity index (χ3n) is 5.58. The van der Waals surface area contributed by atoms with Gasteiger partial charge in [0.2, 0.25) is 5.91 Å². The van der Waals surface area contributed by atoms with Crippen LogP contribution in [0, 0.1) is 45.1 Å². The lowest BCUT2D eigenvalue weighted by Crippen LogP contribution is -2.36. The summed E-state index contributed by atoms with van der Waals surface area (Å²) in [6.45, 7) is 0. The minimum absolute atomic E-state index is 0.00140. The predicted octanol–water partition coefficient (Wildman–Crippen LogP) is 3.29. The molecule has 1 aliphatic heterocycles. The standard InChI is InChI=1S/C17H12F3N3O3/c18-17(19,20)11-6-10(3-4-12(11)23(25)26)22-13(7-21)14-8-1-2-9(5-8)15(14)16(22)24/h1-4,6,8-9,13-15H,5H2/t8?,9?,13-,14-,15-/m0/s1. The molecule has 2 unspecified atom stereocenters. The molecule has 5 atom stereocenters. The molecule has 1 heterocycles. The van der Waals surface area contributed by atoms with Crippen LogP contribution in [0.15, 0.2) is 30.4 Å². The first-order chi connectivity index (χ1) is 12.2. The summed E-state index contributed by atoms with van der Waals surface area (Å²) >= 11 is 0. The predicted molar refractivity (Wildman–Crippen MR) is 82.7 cm³/mol. The second kappa shape index (κ2) is 5.30. The molecule has 1 aromatic carbocycles. The number of carbonyl (C=O) groups is 1. The molecule has 0 radical (unpaired) electrons. The third kappa shape index (κ3) is 2.14. The molecule has 1 aromatic rings. The summed E-state index contributed by atoms with van der Waals surface area (Å²) in [4.78, 5) is 23.7. The van der Waals surface area contributed by atoms with Crippen LogP contribution < -0.4 is 4.90 Å². The van der Waals surface area contributed by atoms with Crippen molar-refractivity contribution in [2.75, 3.05) is 4.90 Å². The lowest BCUT2D eigenvalue weighted by molar-refractivity contribution is -0.388. The van der Waals surface area contributed by atoms with E-state index in [-0.39, 0.29) is 29.3 Å². The van der Waals surface area contributed by atoms with Gasteiger partial charge in [0.05, 0.1) is 16.9 Å². The summed E-state index contributed by atoms with van der Waals surface area (Å²) in [5.41, 5.74) is -2.64. The van der Waals surface area contributed by atoms with Crippen LogP contribution in [0.1, 0.15) is 12.0 Å². The van der Waals surface area contributed by atoms with Crippen molar-refractivity contribution in [2.24, 2.45) is 23.7 Å². The van der Waals surface area contributed by atoms with Gasteiger partial charge in [0.1, 0.15) is 11.6 Å². The van der Waals surface area contributed by atoms with Gasteiger partial charge in [-0.25, -0.2) is 0 Å². The van der Waals surface area contributed by atoms with Gasteiger partial charge >= 0.3 is 6.18 Å². The molecule has 26 heavy (non-hydrogen) atoms. The van der Waals surface area contributed by atoms with E-state index < -0.39 is 34.3 Å². The highest BCUT2D eigenvalue weighted by Crippen LogP contribution is 2.55. The maximum absolute atomic E-state index is 13.2. The van der Waals surface area contributed by atoms with Gasteiger partial charge in [-0.15, -0.1) is 0 Å². The Bertz CT molecular complexity index is 889. The molecule has 2 bridgehead atoms. The topological polar surface area (TPSA) is 87.2 Å². The number of nitrogens with zero attached hydrogens (tertiary/aromatic N) is 3. The number of amides is 1. The molecular weight excluding hydrogens is 351 g/mol. The summed E-state index contributed by atoms with van der Waals surface area (Å²) in [5.74, 6) is -1.01. The summed E-state index contributed by atoms with van der Waals surface area (Å²) in [6, 6.07) is 3.61. The van der Waals surface area contributed by atoms with Crippen LogP contribution in [-0.4, -0.2) is 16.9 Å². The van der Waals surface area contributed by atoms with E-state index in [1.54, 1.807) is 0 Å². The van der Waals surface area contributed by atoms with Crippen molar-refractivity contribution >= 4 is 17.3 Å². The largest absolute Gasteiger partial charge is 0.423 e. The summed E-state index contributed by atoms with van der Waals surface area (Å²) in [5, 5.41) is 20.5. The van der Waals surface area contributed by atoms with E-state index in [9.17, 15) is 33.3 Å². The Morgan fingerprint density at radius 2 is 1.96 bits per heavy atom. The smallest absolute Gasteiger partial charge is 0.295 e. The lowest BCUT2D eigenvalue weighted by Gasteiger charge is -2.25. The Kier molecular flexibility index (Phi) is 3.38. The molecule has 1 saturated heterocycles. The van der Waals surface area contributed by atoms with Crippen molar-refractivity contribution in [1.29, 1.82) is 5.26 Å². The van der Waals surface area contributed by atoms with Crippen LogP contribution in [0.3, 0.4) is 0 Å². The monoisotopic (exact) mass is 363 g/mol. The number of anilines is 1. The van der Waals surface area contributed by atoms with Crippen LogP contribution in [0.5, 0.6) is 0 Å². The van der Waals surface area contributed by atoms with Crippen LogP contribution in [0.25, 0.3) is 0 Å². The summed E-state index contributed by atoms with van der Waals surface area (Å²) in [7, 11) is 0. The molecule has 3 aliphatic rings. The molecular formula is C17H12F3N3O3. The number of nitro benzene ring substituents is 1. The van der Waals surface area contributed by atoms with E-state index in [1.165, 1.54) is 0 Å². The molecule has 4 rings (SSSR count). The van der Waals surface area contributed by atoms with Gasteiger partial charge in [0.25, 0.3) is 5.69 Å². The first-order valence-electron chi connectivity index (χ1n) is 8.00. The molecule has 2 fully saturated rings. The number of nitriles is 1. The average molecular weight is 363 g/mol. The fraction of sp³-hybridized carbons (Fsp3) is 0.412. The van der Waals surface area contributed by atoms with Crippen molar-refractivity contribution in [3.05, 3.63) is 46.0 Å². The van der Waals surface area contributed by atoms with Crippen LogP contribution in [0.2, 0.25) is 0 Å². The summed E-state index contributed by atoms with van der Waals surface area (Å²) in [6.07, 6.45) is -0.274. The Morgan fingerprint density at radius 3 is 2.58 bits per heavy atom. The second-order valence-corrected chi connectivity index (χ2v) is 6.79. The molecule has 1 amide bonds. The molecule has 1 saturated carbocycles. The highest BCUT2D eigenvalue weighted by molar-refractivity contribution is 6.00. The van der Waals surface area contributed by atoms with Crippen LogP contribution >= 0.6 is 0 Å². The first-order valence-corrected chi connectivity index (χ1v) is 8.00. The number of carbonyl (C=O) groups excluding carboxylic acids is 1. The van der Waals surface area contributed by atoms with E-state index in [1.807, 2.05) is 12.2 Å². The normalized spacial score (nSPS) is 32.0. The molecule has 0 aromatic heterocycles. The minimum Gasteiger partial charge on any atom is -0.295 e. The number of nitro groups is 1. The molecule has 0 N–H and O–H groups in total. The van der Waals surface area contributed by atoms with Crippen LogP contribution in [-0.2, 0) is 11.0 Å². The van der Waals surface area contributed by atoms with E-state index in [2.05, 4.69) is 6.07 Å². The quantitative estimate of drug-likeness (QED) is 0.458. The van der Waals surface area contributed by atoms with Gasteiger partial charge in [-0.2, -0.15) is 18.4 Å². The maximum atomic E-state index is 13.2. The number of alkyl halides is 3. The number of fused-ring (bicyclic) bond motifs is 5. The molecule has 0 spiro atoms. The number of benzene rings is 1. The number of hydrogen-bond acceptors (Lipinski definition) is 4. The van der Waals surface area contributed by atoms with E-state index in [4.69, 9.17) is 0 Å².